The van der Waals surface area contributed by atoms with Gasteiger partial charge in [-0.1, -0.05) is 13.8 Å². The molecule has 0 radical (unpaired) electrons. The second-order valence-corrected chi connectivity index (χ2v) is 5.90. The number of amides is 1. The summed E-state index contributed by atoms with van der Waals surface area (Å²) in [6.07, 6.45) is 3.53. The van der Waals surface area contributed by atoms with Crippen molar-refractivity contribution < 1.29 is 18.7 Å². The number of ether oxygens (including phenoxy) is 1. The molecule has 2 rings (SSSR count). The van der Waals surface area contributed by atoms with E-state index in [4.69, 9.17) is 9.15 Å². The van der Waals surface area contributed by atoms with Crippen LogP contribution in [-0.4, -0.2) is 19.0 Å². The van der Waals surface area contributed by atoms with Crippen LogP contribution in [0.1, 0.15) is 40.1 Å². The maximum absolute atomic E-state index is 12.1. The van der Waals surface area contributed by atoms with Gasteiger partial charge < -0.3 is 14.5 Å². The number of furan rings is 1. The topological polar surface area (TPSA) is 68.5 Å². The van der Waals surface area contributed by atoms with Gasteiger partial charge in [0.25, 0.3) is 5.91 Å². The molecule has 21 heavy (non-hydrogen) atoms. The molecule has 0 saturated heterocycles. The number of hydrogen-bond acceptors (Lipinski definition) is 5. The summed E-state index contributed by atoms with van der Waals surface area (Å²) >= 11 is 1.32. The summed E-state index contributed by atoms with van der Waals surface area (Å²) in [7, 11) is 1.33. The lowest BCUT2D eigenvalue weighted by molar-refractivity contribution is 0.0601. The minimum Gasteiger partial charge on any atom is -0.472 e. The Morgan fingerprint density at radius 1 is 1.43 bits per heavy atom. The average Bonchev–Trinajstić information content (AvgIpc) is 3.07. The van der Waals surface area contributed by atoms with Crippen molar-refractivity contribution in [3.8, 4) is 0 Å². The Morgan fingerprint density at radius 2 is 2.19 bits per heavy atom. The van der Waals surface area contributed by atoms with Crippen LogP contribution < -0.4 is 5.32 Å². The fourth-order valence-corrected chi connectivity index (χ4v) is 2.93. The van der Waals surface area contributed by atoms with Crippen molar-refractivity contribution in [3.63, 3.8) is 0 Å². The Kier molecular flexibility index (Phi) is 4.80. The molecule has 0 unspecified atom stereocenters. The standard InChI is InChI=1S/C15H17NO4S/c1-9(2)6-11-8-21-14(12(11)15(18)19-3)16-13(17)10-4-5-20-7-10/h4-5,7-9H,6H2,1-3H3,(H,16,17). The summed E-state index contributed by atoms with van der Waals surface area (Å²) in [6, 6.07) is 1.57. The summed E-state index contributed by atoms with van der Waals surface area (Å²) in [6.45, 7) is 4.14. The molecule has 2 heterocycles. The summed E-state index contributed by atoms with van der Waals surface area (Å²) in [5.41, 5.74) is 1.74. The average molecular weight is 307 g/mol. The van der Waals surface area contributed by atoms with Crippen molar-refractivity contribution in [1.82, 2.24) is 0 Å². The van der Waals surface area contributed by atoms with E-state index in [1.54, 1.807) is 6.07 Å². The van der Waals surface area contributed by atoms with Gasteiger partial charge in [-0.25, -0.2) is 4.79 Å². The normalized spacial score (nSPS) is 10.7. The smallest absolute Gasteiger partial charge is 0.341 e. The van der Waals surface area contributed by atoms with Crippen LogP contribution in [0.3, 0.4) is 0 Å². The molecule has 0 aliphatic heterocycles. The van der Waals surface area contributed by atoms with E-state index in [1.807, 2.05) is 5.38 Å². The highest BCUT2D eigenvalue weighted by Gasteiger charge is 2.22. The number of carbonyl (C=O) groups excluding carboxylic acids is 2. The van der Waals surface area contributed by atoms with E-state index >= 15 is 0 Å². The van der Waals surface area contributed by atoms with E-state index in [2.05, 4.69) is 19.2 Å². The van der Waals surface area contributed by atoms with E-state index in [9.17, 15) is 9.59 Å². The molecule has 0 spiro atoms. The number of esters is 1. The fraction of sp³-hybridized carbons (Fsp3) is 0.333. The quantitative estimate of drug-likeness (QED) is 0.857. The Morgan fingerprint density at radius 3 is 2.76 bits per heavy atom. The van der Waals surface area contributed by atoms with Crippen LogP contribution in [-0.2, 0) is 11.2 Å². The zero-order valence-electron chi connectivity index (χ0n) is 12.1. The second kappa shape index (κ2) is 6.58. The summed E-state index contributed by atoms with van der Waals surface area (Å²) in [5, 5.41) is 5.13. The van der Waals surface area contributed by atoms with Gasteiger partial charge in [0.05, 0.1) is 24.5 Å². The lowest BCUT2D eigenvalue weighted by Gasteiger charge is -2.08. The van der Waals surface area contributed by atoms with E-state index < -0.39 is 5.97 Å². The Hall–Kier alpha value is -2.08. The van der Waals surface area contributed by atoms with Crippen molar-refractivity contribution in [2.75, 3.05) is 12.4 Å². The molecule has 0 fully saturated rings. The van der Waals surface area contributed by atoms with Gasteiger partial charge in [0.2, 0.25) is 0 Å². The predicted octanol–water partition coefficient (Wildman–Crippen LogP) is 3.58. The molecule has 0 aromatic carbocycles. The number of carbonyl (C=O) groups is 2. The number of hydrogen-bond donors (Lipinski definition) is 1. The van der Waals surface area contributed by atoms with Crippen LogP contribution >= 0.6 is 11.3 Å². The lowest BCUT2D eigenvalue weighted by atomic mass is 10.0. The Balaban J connectivity index is 2.28. The first-order valence-corrected chi connectivity index (χ1v) is 7.43. The van der Waals surface area contributed by atoms with Crippen LogP contribution in [0, 0.1) is 5.92 Å². The number of thiophene rings is 1. The molecule has 2 aromatic rings. The molecule has 0 atom stereocenters. The number of anilines is 1. The lowest BCUT2D eigenvalue weighted by Crippen LogP contribution is -2.14. The van der Waals surface area contributed by atoms with Crippen molar-refractivity contribution in [2.24, 2.45) is 5.92 Å². The van der Waals surface area contributed by atoms with Gasteiger partial charge in [-0.05, 0) is 29.3 Å². The molecule has 2 aromatic heterocycles. The fourth-order valence-electron chi connectivity index (χ4n) is 1.97. The molecule has 0 saturated carbocycles. The monoisotopic (exact) mass is 307 g/mol. The molecule has 0 aliphatic carbocycles. The molecule has 0 bridgehead atoms. The van der Waals surface area contributed by atoms with Gasteiger partial charge in [0, 0.05) is 0 Å². The molecule has 6 heteroatoms. The maximum atomic E-state index is 12.1. The Labute approximate surface area is 126 Å². The number of methoxy groups -OCH3 is 1. The SMILES string of the molecule is COC(=O)c1c(CC(C)C)csc1NC(=O)c1ccoc1. The zero-order chi connectivity index (χ0) is 15.4. The molecule has 5 nitrogen and oxygen atoms in total. The predicted molar refractivity (Wildman–Crippen MR) is 80.9 cm³/mol. The van der Waals surface area contributed by atoms with Gasteiger partial charge >= 0.3 is 5.97 Å². The van der Waals surface area contributed by atoms with Crippen LogP contribution in [0.15, 0.2) is 28.4 Å². The highest BCUT2D eigenvalue weighted by Crippen LogP contribution is 2.31. The van der Waals surface area contributed by atoms with Crippen LogP contribution in [0.5, 0.6) is 0 Å². The van der Waals surface area contributed by atoms with Crippen LogP contribution in [0.4, 0.5) is 5.00 Å². The third kappa shape index (κ3) is 3.52. The zero-order valence-corrected chi connectivity index (χ0v) is 13.0. The van der Waals surface area contributed by atoms with Crippen LogP contribution in [0.25, 0.3) is 0 Å². The molecule has 1 amide bonds. The van der Waals surface area contributed by atoms with Gasteiger partial charge in [0.15, 0.2) is 0 Å². The third-order valence-electron chi connectivity index (χ3n) is 2.90. The minimum absolute atomic E-state index is 0.313. The highest BCUT2D eigenvalue weighted by atomic mass is 32.1. The summed E-state index contributed by atoms with van der Waals surface area (Å²) in [5.74, 6) is -0.346. The second-order valence-electron chi connectivity index (χ2n) is 5.02. The van der Waals surface area contributed by atoms with Gasteiger partial charge in [-0.2, -0.15) is 0 Å². The van der Waals surface area contributed by atoms with E-state index in [1.165, 1.54) is 31.0 Å². The molecule has 1 N–H and O–H groups in total. The van der Waals surface area contributed by atoms with Gasteiger partial charge in [-0.15, -0.1) is 11.3 Å². The van der Waals surface area contributed by atoms with Crippen molar-refractivity contribution in [1.29, 1.82) is 0 Å². The van der Waals surface area contributed by atoms with Gasteiger partial charge in [0.1, 0.15) is 11.3 Å². The number of rotatable bonds is 5. The third-order valence-corrected chi connectivity index (χ3v) is 3.84. The number of nitrogens with one attached hydrogen (secondary N) is 1. The van der Waals surface area contributed by atoms with Gasteiger partial charge in [-0.3, -0.25) is 4.79 Å². The van der Waals surface area contributed by atoms with E-state index in [0.717, 1.165) is 12.0 Å². The molecular formula is C15H17NO4S. The highest BCUT2D eigenvalue weighted by molar-refractivity contribution is 7.15. The molecule has 112 valence electrons. The summed E-state index contributed by atoms with van der Waals surface area (Å²) in [4.78, 5) is 24.0. The van der Waals surface area contributed by atoms with E-state index in [-0.39, 0.29) is 5.91 Å². The largest absolute Gasteiger partial charge is 0.472 e. The van der Waals surface area contributed by atoms with Crippen molar-refractivity contribution in [3.05, 3.63) is 40.7 Å². The first-order chi connectivity index (χ1) is 10.0. The maximum Gasteiger partial charge on any atom is 0.341 e. The van der Waals surface area contributed by atoms with Crippen molar-refractivity contribution >= 4 is 28.2 Å². The Bertz CT molecular complexity index is 628. The first-order valence-electron chi connectivity index (χ1n) is 6.55. The molecule has 0 aliphatic rings. The minimum atomic E-state index is -0.436. The van der Waals surface area contributed by atoms with Crippen molar-refractivity contribution in [2.45, 2.75) is 20.3 Å². The molecular weight excluding hydrogens is 290 g/mol. The van der Waals surface area contributed by atoms with Crippen LogP contribution in [0.2, 0.25) is 0 Å². The van der Waals surface area contributed by atoms with E-state index in [0.29, 0.717) is 22.0 Å². The summed E-state index contributed by atoms with van der Waals surface area (Å²) < 4.78 is 9.71. The first kappa shape index (κ1) is 15.3.